The summed E-state index contributed by atoms with van der Waals surface area (Å²) in [5.74, 6) is 0.928. The van der Waals surface area contributed by atoms with Crippen molar-refractivity contribution in [2.75, 3.05) is 13.2 Å². The summed E-state index contributed by atoms with van der Waals surface area (Å²) < 4.78 is 5.77. The lowest BCUT2D eigenvalue weighted by molar-refractivity contribution is 0.238. The van der Waals surface area contributed by atoms with Crippen molar-refractivity contribution in [1.82, 2.24) is 4.90 Å². The predicted octanol–water partition coefficient (Wildman–Crippen LogP) is 2.93. The van der Waals surface area contributed by atoms with Crippen molar-refractivity contribution in [3.8, 4) is 5.75 Å². The molecule has 0 bridgehead atoms. The number of nitrogens with zero attached hydrogens (tertiary/aromatic N) is 1. The summed E-state index contributed by atoms with van der Waals surface area (Å²) in [7, 11) is 0. The van der Waals surface area contributed by atoms with Crippen LogP contribution >= 0.6 is 0 Å². The first-order chi connectivity index (χ1) is 10.3. The topological polar surface area (TPSA) is 38.5 Å². The number of ether oxygens (including phenoxy) is 1. The summed E-state index contributed by atoms with van der Waals surface area (Å²) in [4.78, 5) is 2.48. The molecule has 1 heterocycles. The van der Waals surface area contributed by atoms with Gasteiger partial charge in [-0.2, -0.15) is 0 Å². The Hall–Kier alpha value is -1.84. The molecule has 0 fully saturated rings. The van der Waals surface area contributed by atoms with Gasteiger partial charge < -0.3 is 10.5 Å². The second-order valence-electron chi connectivity index (χ2n) is 5.53. The minimum atomic E-state index is 0.579. The molecule has 0 radical (unpaired) electrons. The number of fused-ring (bicyclic) bond motifs is 1. The van der Waals surface area contributed by atoms with Crippen LogP contribution in [-0.2, 0) is 19.6 Å². The van der Waals surface area contributed by atoms with Gasteiger partial charge in [-0.3, -0.25) is 4.90 Å². The van der Waals surface area contributed by atoms with Crippen LogP contribution in [0.25, 0.3) is 0 Å². The molecule has 1 aliphatic heterocycles. The van der Waals surface area contributed by atoms with Gasteiger partial charge in [0.05, 0.1) is 6.61 Å². The minimum absolute atomic E-state index is 0.579. The van der Waals surface area contributed by atoms with E-state index >= 15 is 0 Å². The molecule has 3 heteroatoms. The highest BCUT2D eigenvalue weighted by molar-refractivity contribution is 5.30. The molecule has 2 N–H and O–H groups in total. The molecule has 2 aromatic rings. The van der Waals surface area contributed by atoms with Gasteiger partial charge >= 0.3 is 0 Å². The van der Waals surface area contributed by atoms with Gasteiger partial charge in [0, 0.05) is 26.2 Å². The van der Waals surface area contributed by atoms with E-state index in [1.807, 2.05) is 24.3 Å². The molecule has 0 atom stereocenters. The summed E-state index contributed by atoms with van der Waals surface area (Å²) in [5, 5.41) is 0. The molecule has 0 saturated carbocycles. The van der Waals surface area contributed by atoms with Crippen molar-refractivity contribution in [2.24, 2.45) is 5.73 Å². The van der Waals surface area contributed by atoms with Crippen molar-refractivity contribution >= 4 is 0 Å². The third-order valence-electron chi connectivity index (χ3n) is 3.95. The van der Waals surface area contributed by atoms with Crippen LogP contribution in [0.2, 0.25) is 0 Å². The van der Waals surface area contributed by atoms with Crippen LogP contribution in [0.1, 0.15) is 23.1 Å². The van der Waals surface area contributed by atoms with Crippen LogP contribution in [0.3, 0.4) is 0 Å². The maximum atomic E-state index is 5.77. The highest BCUT2D eigenvalue weighted by atomic mass is 16.5. The van der Waals surface area contributed by atoms with Crippen molar-refractivity contribution in [3.05, 3.63) is 65.2 Å². The molecule has 0 unspecified atom stereocenters. The van der Waals surface area contributed by atoms with Gasteiger partial charge in [0.1, 0.15) is 5.75 Å². The molecule has 110 valence electrons. The highest BCUT2D eigenvalue weighted by Crippen LogP contribution is 2.22. The molecular weight excluding hydrogens is 260 g/mol. The Morgan fingerprint density at radius 2 is 1.62 bits per heavy atom. The molecule has 3 rings (SSSR count). The van der Waals surface area contributed by atoms with E-state index in [9.17, 15) is 0 Å². The van der Waals surface area contributed by atoms with Crippen molar-refractivity contribution in [3.63, 3.8) is 0 Å². The average molecular weight is 282 g/mol. The van der Waals surface area contributed by atoms with Crippen LogP contribution in [0.4, 0.5) is 0 Å². The maximum absolute atomic E-state index is 5.77. The zero-order chi connectivity index (χ0) is 14.5. The van der Waals surface area contributed by atoms with Crippen molar-refractivity contribution in [1.29, 1.82) is 0 Å². The molecular formula is C18H22N2O. The zero-order valence-electron chi connectivity index (χ0n) is 12.3. The molecule has 0 amide bonds. The van der Waals surface area contributed by atoms with Gasteiger partial charge in [-0.05, 0) is 35.2 Å². The Labute approximate surface area is 126 Å². The second-order valence-corrected chi connectivity index (χ2v) is 5.53. The van der Waals surface area contributed by atoms with Crippen LogP contribution in [-0.4, -0.2) is 18.1 Å². The van der Waals surface area contributed by atoms with E-state index in [0.717, 1.165) is 44.0 Å². The van der Waals surface area contributed by atoms with Gasteiger partial charge in [0.15, 0.2) is 0 Å². The number of nitrogens with two attached hydrogens (primary N) is 1. The second kappa shape index (κ2) is 6.74. The van der Waals surface area contributed by atoms with E-state index in [1.54, 1.807) is 0 Å². The molecule has 0 aliphatic carbocycles. The van der Waals surface area contributed by atoms with E-state index in [4.69, 9.17) is 10.5 Å². The third kappa shape index (κ3) is 3.63. The Bertz CT molecular complexity index is 555. The monoisotopic (exact) mass is 282 g/mol. The SMILES string of the molecule is NCc1ccc(OCCCN2Cc3ccccc3C2)cc1. The first-order valence-electron chi connectivity index (χ1n) is 7.56. The van der Waals surface area contributed by atoms with Gasteiger partial charge in [-0.15, -0.1) is 0 Å². The third-order valence-corrected chi connectivity index (χ3v) is 3.95. The fraction of sp³-hybridized carbons (Fsp3) is 0.333. The lowest BCUT2D eigenvalue weighted by atomic mass is 10.1. The summed E-state index contributed by atoms with van der Waals surface area (Å²) in [6.07, 6.45) is 1.05. The smallest absolute Gasteiger partial charge is 0.119 e. The predicted molar refractivity (Wildman–Crippen MR) is 85.0 cm³/mol. The van der Waals surface area contributed by atoms with Crippen LogP contribution in [0, 0.1) is 0 Å². The average Bonchev–Trinajstić information content (AvgIpc) is 2.95. The Morgan fingerprint density at radius 3 is 2.24 bits per heavy atom. The number of hydrogen-bond donors (Lipinski definition) is 1. The number of hydrogen-bond acceptors (Lipinski definition) is 3. The normalized spacial score (nSPS) is 14.1. The maximum Gasteiger partial charge on any atom is 0.119 e. The lowest BCUT2D eigenvalue weighted by Gasteiger charge is -2.14. The summed E-state index contributed by atoms with van der Waals surface area (Å²) in [5.41, 5.74) is 9.65. The van der Waals surface area contributed by atoms with E-state index < -0.39 is 0 Å². The zero-order valence-corrected chi connectivity index (χ0v) is 12.3. The molecule has 2 aromatic carbocycles. The number of rotatable bonds is 6. The summed E-state index contributed by atoms with van der Waals surface area (Å²) >= 11 is 0. The molecule has 3 nitrogen and oxygen atoms in total. The van der Waals surface area contributed by atoms with Crippen molar-refractivity contribution < 1.29 is 4.74 Å². The Morgan fingerprint density at radius 1 is 0.952 bits per heavy atom. The van der Waals surface area contributed by atoms with E-state index in [0.29, 0.717) is 6.54 Å². The van der Waals surface area contributed by atoms with E-state index in [2.05, 4.69) is 29.2 Å². The lowest BCUT2D eigenvalue weighted by Crippen LogP contribution is -2.19. The fourth-order valence-electron chi connectivity index (χ4n) is 2.76. The van der Waals surface area contributed by atoms with Gasteiger partial charge in [-0.25, -0.2) is 0 Å². The molecule has 0 spiro atoms. The Kier molecular flexibility index (Phi) is 4.53. The minimum Gasteiger partial charge on any atom is -0.494 e. The summed E-state index contributed by atoms with van der Waals surface area (Å²) in [6, 6.07) is 16.7. The molecule has 0 saturated heterocycles. The highest BCUT2D eigenvalue weighted by Gasteiger charge is 2.17. The molecule has 0 aromatic heterocycles. The molecule has 1 aliphatic rings. The van der Waals surface area contributed by atoms with Gasteiger partial charge in [0.2, 0.25) is 0 Å². The van der Waals surface area contributed by atoms with Crippen LogP contribution in [0.15, 0.2) is 48.5 Å². The van der Waals surface area contributed by atoms with E-state index in [-0.39, 0.29) is 0 Å². The summed E-state index contributed by atoms with van der Waals surface area (Å²) in [6.45, 7) is 4.56. The Balaban J connectivity index is 1.39. The van der Waals surface area contributed by atoms with Crippen LogP contribution < -0.4 is 10.5 Å². The fourth-order valence-corrected chi connectivity index (χ4v) is 2.76. The first kappa shape index (κ1) is 14.1. The van der Waals surface area contributed by atoms with E-state index in [1.165, 1.54) is 11.1 Å². The largest absolute Gasteiger partial charge is 0.494 e. The molecule has 21 heavy (non-hydrogen) atoms. The van der Waals surface area contributed by atoms with Crippen molar-refractivity contribution in [2.45, 2.75) is 26.1 Å². The first-order valence-corrected chi connectivity index (χ1v) is 7.56. The quantitative estimate of drug-likeness (QED) is 0.828. The van der Waals surface area contributed by atoms with Crippen LogP contribution in [0.5, 0.6) is 5.75 Å². The van der Waals surface area contributed by atoms with Gasteiger partial charge in [-0.1, -0.05) is 36.4 Å². The van der Waals surface area contributed by atoms with Gasteiger partial charge in [0.25, 0.3) is 0 Å². The number of benzene rings is 2. The standard InChI is InChI=1S/C18H22N2O/c19-12-15-6-8-18(9-7-15)21-11-3-10-20-13-16-4-1-2-5-17(16)14-20/h1-2,4-9H,3,10-14,19H2.